The highest BCUT2D eigenvalue weighted by atomic mass is 16.3. The van der Waals surface area contributed by atoms with E-state index in [1.807, 2.05) is 12.1 Å². The van der Waals surface area contributed by atoms with E-state index in [0.717, 1.165) is 27.5 Å². The molecule has 0 aliphatic rings. The van der Waals surface area contributed by atoms with Crippen LogP contribution in [0.3, 0.4) is 0 Å². The van der Waals surface area contributed by atoms with Crippen LogP contribution < -0.4 is 0 Å². The maximum Gasteiger partial charge on any atom is 0.140 e. The Morgan fingerprint density at radius 2 is 1.42 bits per heavy atom. The van der Waals surface area contributed by atoms with E-state index in [9.17, 15) is 5.11 Å². The van der Waals surface area contributed by atoms with E-state index in [0.29, 0.717) is 5.75 Å². The number of nitrogens with zero attached hydrogens (tertiary/aromatic N) is 1. The van der Waals surface area contributed by atoms with Crippen molar-refractivity contribution in [2.75, 3.05) is 0 Å². The van der Waals surface area contributed by atoms with Gasteiger partial charge in [-0.05, 0) is 29.2 Å². The minimum absolute atomic E-state index is 0.0126. The van der Waals surface area contributed by atoms with Gasteiger partial charge in [0.1, 0.15) is 5.75 Å². The summed E-state index contributed by atoms with van der Waals surface area (Å²) in [6.07, 6.45) is 0. The van der Waals surface area contributed by atoms with Gasteiger partial charge in [-0.3, -0.25) is 0 Å². The van der Waals surface area contributed by atoms with Gasteiger partial charge in [0.05, 0.1) is 16.7 Å². The van der Waals surface area contributed by atoms with E-state index in [4.69, 9.17) is 0 Å². The fourth-order valence-corrected chi connectivity index (χ4v) is 3.55. The number of benzene rings is 3. The minimum atomic E-state index is 0.0126. The van der Waals surface area contributed by atoms with Gasteiger partial charge in [0.25, 0.3) is 0 Å². The molecule has 0 unspecified atom stereocenters. The average Bonchev–Trinajstić information content (AvgIpc) is 2.90. The van der Waals surface area contributed by atoms with Crippen LogP contribution >= 0.6 is 0 Å². The monoisotopic (exact) mass is 315 g/mol. The molecule has 2 nitrogen and oxygen atoms in total. The van der Waals surface area contributed by atoms with Gasteiger partial charge in [-0.1, -0.05) is 69.3 Å². The molecule has 24 heavy (non-hydrogen) atoms. The zero-order valence-electron chi connectivity index (χ0n) is 14.2. The van der Waals surface area contributed by atoms with Gasteiger partial charge in [-0.25, -0.2) is 0 Å². The average molecular weight is 315 g/mol. The molecular weight excluding hydrogens is 294 g/mol. The van der Waals surface area contributed by atoms with Crippen LogP contribution in [0.25, 0.3) is 27.5 Å². The molecule has 0 aliphatic carbocycles. The topological polar surface area (TPSA) is 25.2 Å². The first-order valence-electron chi connectivity index (χ1n) is 8.29. The standard InChI is InChI=1S/C22H21NO/c1-22(2,3)17-11-5-7-13-19(17)23-18-12-6-4-9-15(18)16-10-8-14-20(24)21(16)23/h4-14,24H,1-3H3. The largest absolute Gasteiger partial charge is 0.506 e. The summed E-state index contributed by atoms with van der Waals surface area (Å²) in [7, 11) is 0. The number of phenols is 1. The number of hydrogen-bond acceptors (Lipinski definition) is 1. The summed E-state index contributed by atoms with van der Waals surface area (Å²) in [6, 6.07) is 22.5. The predicted octanol–water partition coefficient (Wildman–Crippen LogP) is 5.79. The van der Waals surface area contributed by atoms with E-state index in [2.05, 4.69) is 73.9 Å². The van der Waals surface area contributed by atoms with Gasteiger partial charge in [-0.2, -0.15) is 0 Å². The summed E-state index contributed by atoms with van der Waals surface area (Å²) < 4.78 is 2.20. The second-order valence-corrected chi connectivity index (χ2v) is 7.29. The Morgan fingerprint density at radius 1 is 0.750 bits per heavy atom. The van der Waals surface area contributed by atoms with Crippen molar-refractivity contribution in [2.45, 2.75) is 26.2 Å². The van der Waals surface area contributed by atoms with Crippen LogP contribution in [0.2, 0.25) is 0 Å². The van der Waals surface area contributed by atoms with Gasteiger partial charge in [0.2, 0.25) is 0 Å². The first-order valence-corrected chi connectivity index (χ1v) is 8.29. The summed E-state index contributed by atoms with van der Waals surface area (Å²) in [5.41, 5.74) is 4.38. The summed E-state index contributed by atoms with van der Waals surface area (Å²) in [6.45, 7) is 6.67. The zero-order chi connectivity index (χ0) is 16.9. The lowest BCUT2D eigenvalue weighted by molar-refractivity contribution is 0.479. The third kappa shape index (κ3) is 2.10. The van der Waals surface area contributed by atoms with Gasteiger partial charge < -0.3 is 9.67 Å². The molecule has 1 heterocycles. The Kier molecular flexibility index (Phi) is 3.17. The Balaban J connectivity index is 2.22. The summed E-state index contributed by atoms with van der Waals surface area (Å²) in [5, 5.41) is 12.8. The number of para-hydroxylation sites is 3. The highest BCUT2D eigenvalue weighted by Gasteiger charge is 2.22. The Labute approximate surface area is 142 Å². The summed E-state index contributed by atoms with van der Waals surface area (Å²) in [4.78, 5) is 0. The molecule has 3 aromatic carbocycles. The van der Waals surface area contributed by atoms with Gasteiger partial charge in [-0.15, -0.1) is 0 Å². The fourth-order valence-electron chi connectivity index (χ4n) is 3.55. The highest BCUT2D eigenvalue weighted by molar-refractivity contribution is 6.11. The van der Waals surface area contributed by atoms with E-state index >= 15 is 0 Å². The van der Waals surface area contributed by atoms with Gasteiger partial charge in [0.15, 0.2) is 0 Å². The normalized spacial score (nSPS) is 12.1. The van der Waals surface area contributed by atoms with Crippen molar-refractivity contribution in [1.82, 2.24) is 4.57 Å². The number of rotatable bonds is 1. The Morgan fingerprint density at radius 3 is 2.21 bits per heavy atom. The van der Waals surface area contributed by atoms with Crippen molar-refractivity contribution >= 4 is 21.8 Å². The van der Waals surface area contributed by atoms with Crippen LogP contribution in [-0.2, 0) is 5.41 Å². The summed E-state index contributed by atoms with van der Waals surface area (Å²) in [5.74, 6) is 0.312. The van der Waals surface area contributed by atoms with Crippen LogP contribution in [0.4, 0.5) is 0 Å². The molecule has 120 valence electrons. The molecule has 0 saturated carbocycles. The molecule has 0 spiro atoms. The second kappa shape index (κ2) is 5.13. The maximum absolute atomic E-state index is 10.6. The lowest BCUT2D eigenvalue weighted by atomic mass is 9.85. The van der Waals surface area contributed by atoms with Crippen LogP contribution in [0.15, 0.2) is 66.7 Å². The smallest absolute Gasteiger partial charge is 0.140 e. The van der Waals surface area contributed by atoms with Crippen molar-refractivity contribution in [2.24, 2.45) is 0 Å². The molecule has 1 N–H and O–H groups in total. The molecule has 4 aromatic rings. The van der Waals surface area contributed by atoms with Crippen molar-refractivity contribution < 1.29 is 5.11 Å². The molecule has 2 heteroatoms. The van der Waals surface area contributed by atoms with E-state index in [1.165, 1.54) is 5.56 Å². The highest BCUT2D eigenvalue weighted by Crippen LogP contribution is 2.39. The van der Waals surface area contributed by atoms with Crippen LogP contribution in [0, 0.1) is 0 Å². The van der Waals surface area contributed by atoms with Crippen LogP contribution in [0.1, 0.15) is 26.3 Å². The molecular formula is C22H21NO. The number of hydrogen-bond donors (Lipinski definition) is 1. The van der Waals surface area contributed by atoms with E-state index < -0.39 is 0 Å². The van der Waals surface area contributed by atoms with Gasteiger partial charge >= 0.3 is 0 Å². The third-order valence-corrected chi connectivity index (χ3v) is 4.63. The lowest BCUT2D eigenvalue weighted by Gasteiger charge is -2.24. The Bertz CT molecular complexity index is 1050. The van der Waals surface area contributed by atoms with E-state index in [-0.39, 0.29) is 5.41 Å². The van der Waals surface area contributed by atoms with Crippen molar-refractivity contribution in [3.63, 3.8) is 0 Å². The van der Waals surface area contributed by atoms with Crippen LogP contribution in [0.5, 0.6) is 5.75 Å². The molecule has 0 amide bonds. The SMILES string of the molecule is CC(C)(C)c1ccccc1-n1c2ccccc2c2cccc(O)c21. The lowest BCUT2D eigenvalue weighted by Crippen LogP contribution is -2.15. The third-order valence-electron chi connectivity index (χ3n) is 4.63. The fraction of sp³-hybridized carbons (Fsp3) is 0.182. The molecule has 0 bridgehead atoms. The van der Waals surface area contributed by atoms with Crippen molar-refractivity contribution in [1.29, 1.82) is 0 Å². The number of aromatic hydroxyl groups is 1. The second-order valence-electron chi connectivity index (χ2n) is 7.29. The molecule has 0 atom stereocenters. The maximum atomic E-state index is 10.6. The van der Waals surface area contributed by atoms with Crippen molar-refractivity contribution in [3.05, 3.63) is 72.3 Å². The zero-order valence-corrected chi connectivity index (χ0v) is 14.2. The van der Waals surface area contributed by atoms with Crippen LogP contribution in [-0.4, -0.2) is 9.67 Å². The minimum Gasteiger partial charge on any atom is -0.506 e. The van der Waals surface area contributed by atoms with E-state index in [1.54, 1.807) is 6.07 Å². The molecule has 1 aromatic heterocycles. The molecule has 0 aliphatic heterocycles. The molecule has 0 radical (unpaired) electrons. The molecule has 0 fully saturated rings. The molecule has 0 saturated heterocycles. The van der Waals surface area contributed by atoms with Gasteiger partial charge in [0, 0.05) is 10.8 Å². The predicted molar refractivity (Wildman–Crippen MR) is 101 cm³/mol. The molecule has 4 rings (SSSR count). The summed E-state index contributed by atoms with van der Waals surface area (Å²) >= 11 is 0. The van der Waals surface area contributed by atoms with Crippen molar-refractivity contribution in [3.8, 4) is 11.4 Å². The number of phenolic OH excluding ortho intramolecular Hbond substituents is 1. The quantitative estimate of drug-likeness (QED) is 0.473. The first kappa shape index (κ1) is 14.8. The first-order chi connectivity index (χ1) is 11.5. The Hall–Kier alpha value is -2.74. The number of fused-ring (bicyclic) bond motifs is 3. The number of aromatic nitrogens is 1.